The molecule has 2 saturated carbocycles. The van der Waals surface area contributed by atoms with Crippen molar-refractivity contribution in [2.24, 2.45) is 11.8 Å². The van der Waals surface area contributed by atoms with Crippen molar-refractivity contribution >= 4 is 6.09 Å². The Labute approximate surface area is 135 Å². The van der Waals surface area contributed by atoms with Crippen LogP contribution in [0.2, 0.25) is 0 Å². The number of hydrogen-bond donors (Lipinski definition) is 2. The van der Waals surface area contributed by atoms with Gasteiger partial charge in [0.05, 0.1) is 0 Å². The summed E-state index contributed by atoms with van der Waals surface area (Å²) in [5.74, 6) is 1.46. The van der Waals surface area contributed by atoms with E-state index in [2.05, 4.69) is 17.6 Å². The summed E-state index contributed by atoms with van der Waals surface area (Å²) in [5, 5.41) is 6.83. The molecular weight excluding hydrogens is 276 g/mol. The maximum Gasteiger partial charge on any atom is 0.407 e. The maximum absolute atomic E-state index is 11.8. The van der Waals surface area contributed by atoms with E-state index in [0.29, 0.717) is 18.0 Å². The largest absolute Gasteiger partial charge is 0.444 e. The third-order valence-electron chi connectivity index (χ3n) is 5.13. The molecule has 4 nitrogen and oxygen atoms in total. The minimum Gasteiger partial charge on any atom is -0.444 e. The Kier molecular flexibility index (Phi) is 6.13. The molecule has 2 aliphatic carbocycles. The topological polar surface area (TPSA) is 50.4 Å². The highest BCUT2D eigenvalue weighted by Gasteiger charge is 2.32. The second-order valence-electron chi connectivity index (χ2n) is 8.13. The molecule has 0 bridgehead atoms. The van der Waals surface area contributed by atoms with E-state index in [9.17, 15) is 4.79 Å². The number of amides is 1. The average molecular weight is 310 g/mol. The summed E-state index contributed by atoms with van der Waals surface area (Å²) in [4.78, 5) is 11.8. The van der Waals surface area contributed by atoms with Crippen LogP contribution in [0.5, 0.6) is 0 Å². The summed E-state index contributed by atoms with van der Waals surface area (Å²) in [6, 6.07) is 1.26. The fraction of sp³-hybridized carbons (Fsp3) is 0.944. The van der Waals surface area contributed by atoms with Gasteiger partial charge in [0.2, 0.25) is 0 Å². The van der Waals surface area contributed by atoms with E-state index in [1.807, 2.05) is 20.8 Å². The lowest BCUT2D eigenvalue weighted by Crippen LogP contribution is -2.44. The standard InChI is InChI=1S/C18H34N2O2/c1-5-13-9-10-15(11-13)20-16-8-6-7-14(16)12-19-17(21)22-18(2,3)4/h13-16,20H,5-12H2,1-4H3,(H,19,21). The smallest absolute Gasteiger partial charge is 0.407 e. The van der Waals surface area contributed by atoms with E-state index in [1.165, 1.54) is 44.9 Å². The van der Waals surface area contributed by atoms with Gasteiger partial charge in [-0.3, -0.25) is 0 Å². The van der Waals surface area contributed by atoms with Crippen molar-refractivity contribution in [1.82, 2.24) is 10.6 Å². The van der Waals surface area contributed by atoms with Crippen LogP contribution in [-0.4, -0.2) is 30.3 Å². The van der Waals surface area contributed by atoms with Gasteiger partial charge in [-0.2, -0.15) is 0 Å². The van der Waals surface area contributed by atoms with Crippen LogP contribution in [0.1, 0.15) is 72.6 Å². The molecule has 1 amide bonds. The number of carbonyl (C=O) groups excluding carboxylic acids is 1. The van der Waals surface area contributed by atoms with Gasteiger partial charge in [-0.05, 0) is 64.7 Å². The predicted molar refractivity (Wildman–Crippen MR) is 89.9 cm³/mol. The van der Waals surface area contributed by atoms with E-state index in [0.717, 1.165) is 12.5 Å². The molecule has 22 heavy (non-hydrogen) atoms. The van der Waals surface area contributed by atoms with Gasteiger partial charge in [-0.15, -0.1) is 0 Å². The normalized spacial score (nSPS) is 32.2. The molecule has 2 N–H and O–H groups in total. The lowest BCUT2D eigenvalue weighted by atomic mass is 10.0. The molecule has 0 aromatic carbocycles. The van der Waals surface area contributed by atoms with Crippen LogP contribution in [0.4, 0.5) is 4.79 Å². The van der Waals surface area contributed by atoms with Gasteiger partial charge >= 0.3 is 6.09 Å². The summed E-state index contributed by atoms with van der Waals surface area (Å²) in [6.07, 6.45) is 8.77. The van der Waals surface area contributed by atoms with Crippen LogP contribution in [0.15, 0.2) is 0 Å². The Morgan fingerprint density at radius 2 is 1.95 bits per heavy atom. The van der Waals surface area contributed by atoms with Crippen molar-refractivity contribution in [2.45, 2.75) is 90.3 Å². The molecule has 128 valence electrons. The maximum atomic E-state index is 11.8. The third-order valence-corrected chi connectivity index (χ3v) is 5.13. The zero-order chi connectivity index (χ0) is 16.2. The monoisotopic (exact) mass is 310 g/mol. The summed E-state index contributed by atoms with van der Waals surface area (Å²) >= 11 is 0. The number of rotatable bonds is 5. The second kappa shape index (κ2) is 7.67. The van der Waals surface area contributed by atoms with Crippen molar-refractivity contribution in [3.63, 3.8) is 0 Å². The fourth-order valence-electron chi connectivity index (χ4n) is 3.93. The Morgan fingerprint density at radius 1 is 1.18 bits per heavy atom. The number of ether oxygens (including phenoxy) is 1. The van der Waals surface area contributed by atoms with Gasteiger partial charge in [-0.1, -0.05) is 19.8 Å². The van der Waals surface area contributed by atoms with Crippen molar-refractivity contribution in [3.8, 4) is 0 Å². The molecule has 4 atom stereocenters. The second-order valence-corrected chi connectivity index (χ2v) is 8.13. The fourth-order valence-corrected chi connectivity index (χ4v) is 3.93. The summed E-state index contributed by atoms with van der Waals surface area (Å²) < 4.78 is 5.32. The lowest BCUT2D eigenvalue weighted by Gasteiger charge is -2.26. The molecule has 0 heterocycles. The van der Waals surface area contributed by atoms with E-state index in [1.54, 1.807) is 0 Å². The Balaban J connectivity index is 1.73. The highest BCUT2D eigenvalue weighted by molar-refractivity contribution is 5.67. The van der Waals surface area contributed by atoms with Crippen LogP contribution in [-0.2, 0) is 4.74 Å². The Bertz CT molecular complexity index is 365. The van der Waals surface area contributed by atoms with E-state index < -0.39 is 5.60 Å². The van der Waals surface area contributed by atoms with Gasteiger partial charge < -0.3 is 15.4 Å². The minimum absolute atomic E-state index is 0.287. The molecule has 2 rings (SSSR count). The van der Waals surface area contributed by atoms with E-state index >= 15 is 0 Å². The van der Waals surface area contributed by atoms with Crippen LogP contribution < -0.4 is 10.6 Å². The predicted octanol–water partition coefficient (Wildman–Crippen LogP) is 3.85. The lowest BCUT2D eigenvalue weighted by molar-refractivity contribution is 0.0517. The SMILES string of the molecule is CCC1CCC(NC2CCCC2CNC(=O)OC(C)(C)C)C1. The Morgan fingerprint density at radius 3 is 2.59 bits per heavy atom. The van der Waals surface area contributed by atoms with Crippen LogP contribution >= 0.6 is 0 Å². The van der Waals surface area contributed by atoms with Gasteiger partial charge in [0.1, 0.15) is 5.60 Å². The highest BCUT2D eigenvalue weighted by atomic mass is 16.6. The van der Waals surface area contributed by atoms with Gasteiger partial charge in [0.15, 0.2) is 0 Å². The van der Waals surface area contributed by atoms with Gasteiger partial charge in [-0.25, -0.2) is 4.79 Å². The van der Waals surface area contributed by atoms with E-state index in [-0.39, 0.29) is 6.09 Å². The molecule has 2 fully saturated rings. The van der Waals surface area contributed by atoms with Crippen LogP contribution in [0.3, 0.4) is 0 Å². The molecule has 4 heteroatoms. The van der Waals surface area contributed by atoms with Gasteiger partial charge in [0.25, 0.3) is 0 Å². The molecule has 2 aliphatic rings. The molecule has 0 aromatic heterocycles. The number of carbonyl (C=O) groups is 1. The number of nitrogens with one attached hydrogen (secondary N) is 2. The molecule has 4 unspecified atom stereocenters. The minimum atomic E-state index is -0.420. The van der Waals surface area contributed by atoms with Crippen molar-refractivity contribution in [2.75, 3.05) is 6.54 Å². The summed E-state index contributed by atoms with van der Waals surface area (Å²) in [6.45, 7) is 8.73. The van der Waals surface area contributed by atoms with Crippen LogP contribution in [0.25, 0.3) is 0 Å². The van der Waals surface area contributed by atoms with Crippen molar-refractivity contribution < 1.29 is 9.53 Å². The molecule has 0 spiro atoms. The molecule has 0 saturated heterocycles. The first-order valence-corrected chi connectivity index (χ1v) is 9.10. The highest BCUT2D eigenvalue weighted by Crippen LogP contribution is 2.31. The quantitative estimate of drug-likeness (QED) is 0.811. The van der Waals surface area contributed by atoms with E-state index in [4.69, 9.17) is 4.74 Å². The summed E-state index contributed by atoms with van der Waals surface area (Å²) in [5.41, 5.74) is -0.420. The zero-order valence-electron chi connectivity index (χ0n) is 14.8. The Hall–Kier alpha value is -0.770. The molecule has 0 radical (unpaired) electrons. The third kappa shape index (κ3) is 5.45. The van der Waals surface area contributed by atoms with Crippen LogP contribution in [0, 0.1) is 11.8 Å². The first kappa shape index (κ1) is 17.6. The summed E-state index contributed by atoms with van der Waals surface area (Å²) in [7, 11) is 0. The molecule has 0 aliphatic heterocycles. The van der Waals surface area contributed by atoms with Crippen molar-refractivity contribution in [1.29, 1.82) is 0 Å². The molecular formula is C18H34N2O2. The van der Waals surface area contributed by atoms with Gasteiger partial charge in [0, 0.05) is 18.6 Å². The molecule has 0 aromatic rings. The number of hydrogen-bond acceptors (Lipinski definition) is 3. The first-order valence-electron chi connectivity index (χ1n) is 9.10. The zero-order valence-corrected chi connectivity index (χ0v) is 14.8. The van der Waals surface area contributed by atoms with Crippen molar-refractivity contribution in [3.05, 3.63) is 0 Å². The number of alkyl carbamates (subject to hydrolysis) is 1. The average Bonchev–Trinajstić information content (AvgIpc) is 3.04. The first-order chi connectivity index (χ1) is 10.4.